The van der Waals surface area contributed by atoms with Gasteiger partial charge in [0.15, 0.2) is 11.5 Å². The molecule has 1 aliphatic rings. The Labute approximate surface area is 161 Å². The van der Waals surface area contributed by atoms with Crippen LogP contribution in [0.25, 0.3) is 0 Å². The first-order chi connectivity index (χ1) is 13.3. The van der Waals surface area contributed by atoms with Crippen LogP contribution in [0.15, 0.2) is 35.2 Å². The molecule has 9 nitrogen and oxygen atoms in total. The van der Waals surface area contributed by atoms with Crippen LogP contribution in [0.1, 0.15) is 26.3 Å². The summed E-state index contributed by atoms with van der Waals surface area (Å²) >= 11 is 0. The summed E-state index contributed by atoms with van der Waals surface area (Å²) in [6, 6.07) is 7.00. The molecule has 2 amide bonds. The van der Waals surface area contributed by atoms with Gasteiger partial charge in [-0.3, -0.25) is 14.9 Å². The van der Waals surface area contributed by atoms with Gasteiger partial charge in [-0.15, -0.1) is 0 Å². The molecule has 0 saturated heterocycles. The minimum absolute atomic E-state index is 0.0284. The van der Waals surface area contributed by atoms with Crippen LogP contribution in [0.5, 0.6) is 17.2 Å². The third-order valence-electron chi connectivity index (χ3n) is 4.21. The highest BCUT2D eigenvalue weighted by Crippen LogP contribution is 2.38. The van der Waals surface area contributed by atoms with Gasteiger partial charge in [-0.1, -0.05) is 0 Å². The topological polar surface area (TPSA) is 120 Å². The molecule has 0 radical (unpaired) electrons. The minimum Gasteiger partial charge on any atom is -0.493 e. The molecule has 2 N–H and O–H groups in total. The van der Waals surface area contributed by atoms with Gasteiger partial charge in [0.05, 0.1) is 37.4 Å². The molecule has 0 saturated carbocycles. The van der Waals surface area contributed by atoms with E-state index < -0.39 is 21.8 Å². The first kappa shape index (κ1) is 19.6. The summed E-state index contributed by atoms with van der Waals surface area (Å²) < 4.78 is 43.4. The molecule has 1 aliphatic heterocycles. The van der Waals surface area contributed by atoms with E-state index in [0.29, 0.717) is 22.8 Å². The lowest BCUT2D eigenvalue weighted by molar-refractivity contribution is 0.0879. The van der Waals surface area contributed by atoms with Gasteiger partial charge >= 0.3 is 0 Å². The number of imide groups is 1. The molecule has 0 aromatic heterocycles. The maximum atomic E-state index is 12.6. The van der Waals surface area contributed by atoms with E-state index in [-0.39, 0.29) is 22.6 Å². The molecule has 148 valence electrons. The van der Waals surface area contributed by atoms with Crippen LogP contribution in [0.3, 0.4) is 0 Å². The number of nitrogens with one attached hydrogen (secondary N) is 2. The van der Waals surface area contributed by atoms with E-state index in [1.54, 1.807) is 12.1 Å². The summed E-state index contributed by atoms with van der Waals surface area (Å²) in [4.78, 5) is 23.2. The van der Waals surface area contributed by atoms with E-state index in [0.717, 1.165) is 0 Å². The fraction of sp³-hybridized carbons (Fsp3) is 0.222. The molecule has 0 aliphatic carbocycles. The van der Waals surface area contributed by atoms with E-state index in [2.05, 4.69) is 10.0 Å². The number of hydrogen-bond acceptors (Lipinski definition) is 7. The van der Waals surface area contributed by atoms with Crippen molar-refractivity contribution in [2.24, 2.45) is 0 Å². The number of rotatable bonds is 7. The molecule has 3 rings (SSSR count). The second kappa shape index (κ2) is 7.49. The molecule has 2 aromatic rings. The lowest BCUT2D eigenvalue weighted by atomic mass is 10.1. The van der Waals surface area contributed by atoms with E-state index >= 15 is 0 Å². The number of amides is 2. The Morgan fingerprint density at radius 3 is 2.07 bits per heavy atom. The fourth-order valence-electron chi connectivity index (χ4n) is 2.81. The Hall–Kier alpha value is -3.11. The predicted molar refractivity (Wildman–Crippen MR) is 98.4 cm³/mol. The van der Waals surface area contributed by atoms with Gasteiger partial charge in [-0.2, -0.15) is 0 Å². The monoisotopic (exact) mass is 406 g/mol. The summed E-state index contributed by atoms with van der Waals surface area (Å²) in [5.41, 5.74) is 0.751. The Morgan fingerprint density at radius 1 is 0.893 bits per heavy atom. The van der Waals surface area contributed by atoms with Crippen molar-refractivity contribution in [3.8, 4) is 17.2 Å². The van der Waals surface area contributed by atoms with Crippen molar-refractivity contribution in [3.63, 3.8) is 0 Å². The first-order valence-corrected chi connectivity index (χ1v) is 9.57. The number of carbonyl (C=O) groups excluding carboxylic acids is 2. The number of fused-ring (bicyclic) bond motifs is 1. The number of ether oxygens (including phenoxy) is 3. The van der Waals surface area contributed by atoms with Crippen molar-refractivity contribution < 1.29 is 32.2 Å². The zero-order valence-corrected chi connectivity index (χ0v) is 16.2. The van der Waals surface area contributed by atoms with Crippen molar-refractivity contribution in [3.05, 3.63) is 47.0 Å². The van der Waals surface area contributed by atoms with Gasteiger partial charge in [0, 0.05) is 6.54 Å². The average molecular weight is 406 g/mol. The Kier molecular flexibility index (Phi) is 5.25. The number of hydrogen-bond donors (Lipinski definition) is 2. The molecule has 1 heterocycles. The van der Waals surface area contributed by atoms with Crippen molar-refractivity contribution >= 4 is 21.8 Å². The maximum Gasteiger partial charge on any atom is 0.258 e. The van der Waals surface area contributed by atoms with E-state index in [1.807, 2.05) is 0 Å². The Balaban J connectivity index is 1.86. The Bertz CT molecular complexity index is 1040. The average Bonchev–Trinajstić information content (AvgIpc) is 2.98. The highest BCUT2D eigenvalue weighted by atomic mass is 32.2. The minimum atomic E-state index is -3.93. The maximum absolute atomic E-state index is 12.6. The van der Waals surface area contributed by atoms with Crippen LogP contribution >= 0.6 is 0 Å². The van der Waals surface area contributed by atoms with Crippen LogP contribution in [0.2, 0.25) is 0 Å². The quantitative estimate of drug-likeness (QED) is 0.660. The number of benzene rings is 2. The van der Waals surface area contributed by atoms with Crippen LogP contribution in [0.4, 0.5) is 0 Å². The summed E-state index contributed by atoms with van der Waals surface area (Å²) in [5.74, 6) is 0.00874. The molecule has 10 heteroatoms. The van der Waals surface area contributed by atoms with Crippen LogP contribution in [0, 0.1) is 0 Å². The fourth-order valence-corrected chi connectivity index (χ4v) is 3.86. The van der Waals surface area contributed by atoms with E-state index in [4.69, 9.17) is 14.2 Å². The second-order valence-corrected chi connectivity index (χ2v) is 7.62. The number of methoxy groups -OCH3 is 3. The molecule has 0 fully saturated rings. The standard InChI is InChI=1S/C18H18N2O7S/c1-25-14-6-10(7-15(26-2)16(14)27-3)9-19-28(23,24)11-4-5-12-13(8-11)18(22)20-17(12)21/h4-8,19H,9H2,1-3H3,(H,20,21,22). The van der Waals surface area contributed by atoms with Gasteiger partial charge < -0.3 is 14.2 Å². The summed E-state index contributed by atoms with van der Waals surface area (Å²) in [6.45, 7) is -0.0543. The van der Waals surface area contributed by atoms with Gasteiger partial charge in [0.2, 0.25) is 15.8 Å². The third-order valence-corrected chi connectivity index (χ3v) is 5.61. The van der Waals surface area contributed by atoms with Gasteiger partial charge in [-0.05, 0) is 35.9 Å². The molecule has 0 spiro atoms. The molecule has 28 heavy (non-hydrogen) atoms. The van der Waals surface area contributed by atoms with Crippen molar-refractivity contribution in [1.29, 1.82) is 0 Å². The van der Waals surface area contributed by atoms with Crippen LogP contribution < -0.4 is 24.2 Å². The van der Waals surface area contributed by atoms with Gasteiger partial charge in [0.1, 0.15) is 0 Å². The normalized spacial score (nSPS) is 13.1. The smallest absolute Gasteiger partial charge is 0.258 e. The zero-order valence-electron chi connectivity index (χ0n) is 15.4. The first-order valence-electron chi connectivity index (χ1n) is 8.09. The number of carbonyl (C=O) groups is 2. The Morgan fingerprint density at radius 2 is 1.50 bits per heavy atom. The van der Waals surface area contributed by atoms with Crippen LogP contribution in [-0.2, 0) is 16.6 Å². The molecule has 2 aromatic carbocycles. The van der Waals surface area contributed by atoms with Crippen LogP contribution in [-0.4, -0.2) is 41.6 Å². The molecular formula is C18H18N2O7S. The lowest BCUT2D eigenvalue weighted by Gasteiger charge is -2.14. The highest BCUT2D eigenvalue weighted by molar-refractivity contribution is 7.89. The van der Waals surface area contributed by atoms with Gasteiger partial charge in [-0.25, -0.2) is 13.1 Å². The molecule has 0 bridgehead atoms. The highest BCUT2D eigenvalue weighted by Gasteiger charge is 2.28. The largest absolute Gasteiger partial charge is 0.493 e. The lowest BCUT2D eigenvalue weighted by Crippen LogP contribution is -2.23. The SMILES string of the molecule is COc1cc(CNS(=O)(=O)c2ccc3c(c2)C(=O)NC3=O)cc(OC)c1OC. The predicted octanol–water partition coefficient (Wildman–Crippen LogP) is 1.07. The van der Waals surface area contributed by atoms with E-state index in [1.165, 1.54) is 39.5 Å². The van der Waals surface area contributed by atoms with Crippen molar-refractivity contribution in [2.75, 3.05) is 21.3 Å². The van der Waals surface area contributed by atoms with E-state index in [9.17, 15) is 18.0 Å². The summed E-state index contributed by atoms with van der Waals surface area (Å²) in [5, 5.41) is 2.12. The third kappa shape index (κ3) is 3.51. The van der Waals surface area contributed by atoms with Gasteiger partial charge in [0.25, 0.3) is 11.8 Å². The second-order valence-electron chi connectivity index (χ2n) is 5.85. The zero-order chi connectivity index (χ0) is 20.5. The molecule has 0 atom stereocenters. The molecule has 0 unspecified atom stereocenters. The summed E-state index contributed by atoms with van der Waals surface area (Å²) in [6.07, 6.45) is 0. The van der Waals surface area contributed by atoms with Crippen molar-refractivity contribution in [2.45, 2.75) is 11.4 Å². The number of sulfonamides is 1. The van der Waals surface area contributed by atoms with Crippen molar-refractivity contribution in [1.82, 2.24) is 10.0 Å². The molecular weight excluding hydrogens is 388 g/mol. The summed E-state index contributed by atoms with van der Waals surface area (Å²) in [7, 11) is 0.461.